The molecule has 0 unspecified atom stereocenters. The number of fused-ring (bicyclic) bond motifs is 2. The van der Waals surface area contributed by atoms with Crippen molar-refractivity contribution in [2.45, 2.75) is 38.0 Å². The lowest BCUT2D eigenvalue weighted by Crippen LogP contribution is -2.37. The van der Waals surface area contributed by atoms with E-state index in [2.05, 4.69) is 10.2 Å². The number of carbonyl (C=O) groups is 1. The Morgan fingerprint density at radius 2 is 2.39 bits per heavy atom. The summed E-state index contributed by atoms with van der Waals surface area (Å²) in [5.41, 5.74) is 0. The molecular weight excluding hydrogens is 238 g/mol. The summed E-state index contributed by atoms with van der Waals surface area (Å²) >= 11 is 0. The summed E-state index contributed by atoms with van der Waals surface area (Å²) in [6.45, 7) is 0.200. The van der Waals surface area contributed by atoms with E-state index in [-0.39, 0.29) is 36.5 Å². The van der Waals surface area contributed by atoms with Gasteiger partial charge in [-0.3, -0.25) is 4.79 Å². The third kappa shape index (κ3) is 1.94. The van der Waals surface area contributed by atoms with Gasteiger partial charge in [0.05, 0.1) is 24.7 Å². The first-order chi connectivity index (χ1) is 8.63. The molecule has 0 radical (unpaired) electrons. The number of nitrogens with zero attached hydrogens (tertiary/aromatic N) is 2. The average Bonchev–Trinajstić information content (AvgIpc) is 3.04. The molecule has 0 spiro atoms. The SMILES string of the molecule is CN(Cc1n[nH]c(=O)o1)C(=O)[C@@H]1C[C@H]2CC[C@@H]1O2. The fourth-order valence-electron chi connectivity index (χ4n) is 2.79. The Morgan fingerprint density at radius 3 is 2.94 bits per heavy atom. The van der Waals surface area contributed by atoms with Gasteiger partial charge in [-0.2, -0.15) is 0 Å². The van der Waals surface area contributed by atoms with E-state index in [0.29, 0.717) is 0 Å². The molecule has 2 bridgehead atoms. The van der Waals surface area contributed by atoms with E-state index in [4.69, 9.17) is 9.15 Å². The van der Waals surface area contributed by atoms with E-state index in [0.717, 1.165) is 19.3 Å². The largest absolute Gasteiger partial charge is 0.434 e. The molecule has 2 aliphatic heterocycles. The van der Waals surface area contributed by atoms with Crippen molar-refractivity contribution in [2.75, 3.05) is 7.05 Å². The minimum absolute atomic E-state index is 0.0350. The smallest absolute Gasteiger partial charge is 0.391 e. The van der Waals surface area contributed by atoms with Gasteiger partial charge in [0.15, 0.2) is 0 Å². The fourth-order valence-corrected chi connectivity index (χ4v) is 2.79. The first-order valence-electron chi connectivity index (χ1n) is 6.08. The molecule has 1 aromatic heterocycles. The molecule has 7 heteroatoms. The fraction of sp³-hybridized carbons (Fsp3) is 0.727. The molecule has 2 saturated heterocycles. The molecular formula is C11H15N3O4. The van der Waals surface area contributed by atoms with Crippen LogP contribution in [-0.2, 0) is 16.1 Å². The number of amides is 1. The van der Waals surface area contributed by atoms with Gasteiger partial charge in [0.25, 0.3) is 0 Å². The maximum absolute atomic E-state index is 12.2. The second-order valence-corrected chi connectivity index (χ2v) is 4.92. The van der Waals surface area contributed by atoms with Crippen LogP contribution in [0.3, 0.4) is 0 Å². The molecule has 1 aromatic rings. The summed E-state index contributed by atoms with van der Waals surface area (Å²) in [5, 5.41) is 5.86. The lowest BCUT2D eigenvalue weighted by atomic mass is 9.88. The standard InChI is InChI=1S/C11H15N3O4/c1-14(5-9-12-13-11(16)18-9)10(15)7-4-6-2-3-8(7)17-6/h6-8H,2-5H2,1H3,(H,13,16)/t6-,7-,8+/m1/s1. The Kier molecular flexibility index (Phi) is 2.70. The first-order valence-corrected chi connectivity index (χ1v) is 6.08. The van der Waals surface area contributed by atoms with E-state index in [1.54, 1.807) is 7.05 Å². The minimum atomic E-state index is -0.603. The van der Waals surface area contributed by atoms with Crippen LogP contribution in [0.4, 0.5) is 0 Å². The van der Waals surface area contributed by atoms with Gasteiger partial charge in [-0.1, -0.05) is 0 Å². The highest BCUT2D eigenvalue weighted by Crippen LogP contribution is 2.39. The van der Waals surface area contributed by atoms with Crippen LogP contribution in [0.25, 0.3) is 0 Å². The number of aromatic nitrogens is 2. The third-order valence-corrected chi connectivity index (χ3v) is 3.65. The Balaban J connectivity index is 1.64. The van der Waals surface area contributed by atoms with Crippen LogP contribution < -0.4 is 5.76 Å². The minimum Gasteiger partial charge on any atom is -0.391 e. The number of ether oxygens (including phenoxy) is 1. The summed E-state index contributed by atoms with van der Waals surface area (Å²) in [6.07, 6.45) is 3.15. The Bertz CT molecular complexity index is 508. The number of aromatic amines is 1. The summed E-state index contributed by atoms with van der Waals surface area (Å²) in [6, 6.07) is 0. The highest BCUT2D eigenvalue weighted by Gasteiger charge is 2.45. The molecule has 3 rings (SSSR count). The molecule has 3 atom stereocenters. The molecule has 1 N–H and O–H groups in total. The van der Waals surface area contributed by atoms with Crippen molar-refractivity contribution < 1.29 is 13.9 Å². The van der Waals surface area contributed by atoms with E-state index in [1.165, 1.54) is 4.90 Å². The highest BCUT2D eigenvalue weighted by atomic mass is 16.5. The maximum Gasteiger partial charge on any atom is 0.434 e. The van der Waals surface area contributed by atoms with Crippen LogP contribution in [0.1, 0.15) is 25.2 Å². The molecule has 7 nitrogen and oxygen atoms in total. The van der Waals surface area contributed by atoms with Crippen molar-refractivity contribution in [3.05, 3.63) is 16.4 Å². The van der Waals surface area contributed by atoms with Gasteiger partial charge in [-0.25, -0.2) is 9.89 Å². The summed E-state index contributed by atoms with van der Waals surface area (Å²) in [4.78, 5) is 24.6. The van der Waals surface area contributed by atoms with Crippen LogP contribution >= 0.6 is 0 Å². The second kappa shape index (κ2) is 4.24. The lowest BCUT2D eigenvalue weighted by Gasteiger charge is -2.23. The van der Waals surface area contributed by atoms with Crippen LogP contribution in [-0.4, -0.2) is 40.3 Å². The second-order valence-electron chi connectivity index (χ2n) is 4.92. The van der Waals surface area contributed by atoms with Crippen LogP contribution in [0.15, 0.2) is 9.21 Å². The molecule has 0 aromatic carbocycles. The zero-order valence-electron chi connectivity index (χ0n) is 10.1. The molecule has 2 fully saturated rings. The van der Waals surface area contributed by atoms with E-state index >= 15 is 0 Å². The molecule has 3 heterocycles. The van der Waals surface area contributed by atoms with Gasteiger partial charge >= 0.3 is 5.76 Å². The Morgan fingerprint density at radius 1 is 1.56 bits per heavy atom. The lowest BCUT2D eigenvalue weighted by molar-refractivity contribution is -0.136. The van der Waals surface area contributed by atoms with Gasteiger partial charge in [0.1, 0.15) is 0 Å². The number of H-pyrrole nitrogens is 1. The van der Waals surface area contributed by atoms with Crippen LogP contribution in [0.5, 0.6) is 0 Å². The number of rotatable bonds is 3. The van der Waals surface area contributed by atoms with Gasteiger partial charge in [0, 0.05) is 7.05 Å². The predicted octanol–water partition coefficient (Wildman–Crippen LogP) is -0.111. The molecule has 0 aliphatic carbocycles. The van der Waals surface area contributed by atoms with Crippen molar-refractivity contribution in [3.63, 3.8) is 0 Å². The highest BCUT2D eigenvalue weighted by molar-refractivity contribution is 5.79. The molecule has 0 saturated carbocycles. The predicted molar refractivity (Wildman–Crippen MR) is 59.6 cm³/mol. The van der Waals surface area contributed by atoms with E-state index in [1.807, 2.05) is 0 Å². The maximum atomic E-state index is 12.2. The van der Waals surface area contributed by atoms with Crippen LogP contribution in [0, 0.1) is 5.92 Å². The van der Waals surface area contributed by atoms with E-state index < -0.39 is 5.76 Å². The molecule has 2 aliphatic rings. The van der Waals surface area contributed by atoms with Gasteiger partial charge < -0.3 is 14.1 Å². The number of nitrogens with one attached hydrogen (secondary N) is 1. The van der Waals surface area contributed by atoms with Crippen molar-refractivity contribution in [1.29, 1.82) is 0 Å². The number of hydrogen-bond donors (Lipinski definition) is 1. The normalized spacial score (nSPS) is 29.7. The molecule has 98 valence electrons. The van der Waals surface area contributed by atoms with E-state index in [9.17, 15) is 9.59 Å². The Labute approximate surface area is 103 Å². The van der Waals surface area contributed by atoms with Gasteiger partial charge in [0.2, 0.25) is 11.8 Å². The Hall–Kier alpha value is -1.63. The average molecular weight is 253 g/mol. The zero-order chi connectivity index (χ0) is 12.7. The summed E-state index contributed by atoms with van der Waals surface area (Å²) in [5.74, 6) is -0.402. The van der Waals surface area contributed by atoms with Gasteiger partial charge in [-0.15, -0.1) is 5.10 Å². The first kappa shape index (κ1) is 11.5. The quantitative estimate of drug-likeness (QED) is 0.811. The number of carbonyl (C=O) groups excluding carboxylic acids is 1. The van der Waals surface area contributed by atoms with Gasteiger partial charge in [-0.05, 0) is 19.3 Å². The number of hydrogen-bond acceptors (Lipinski definition) is 5. The monoisotopic (exact) mass is 253 g/mol. The summed E-state index contributed by atoms with van der Waals surface area (Å²) < 4.78 is 10.4. The van der Waals surface area contributed by atoms with Crippen molar-refractivity contribution >= 4 is 5.91 Å². The zero-order valence-corrected chi connectivity index (χ0v) is 10.1. The van der Waals surface area contributed by atoms with Crippen molar-refractivity contribution in [3.8, 4) is 0 Å². The molecule has 18 heavy (non-hydrogen) atoms. The van der Waals surface area contributed by atoms with Crippen LogP contribution in [0.2, 0.25) is 0 Å². The van der Waals surface area contributed by atoms with Crippen molar-refractivity contribution in [2.24, 2.45) is 5.92 Å². The molecule has 1 amide bonds. The topological polar surface area (TPSA) is 88.4 Å². The van der Waals surface area contributed by atoms with Crippen molar-refractivity contribution in [1.82, 2.24) is 15.1 Å². The third-order valence-electron chi connectivity index (χ3n) is 3.65. The summed E-state index contributed by atoms with van der Waals surface area (Å²) in [7, 11) is 1.68.